The minimum Gasteiger partial charge on any atom is -0.422 e. The van der Waals surface area contributed by atoms with Gasteiger partial charge in [-0.3, -0.25) is 0 Å². The van der Waals surface area contributed by atoms with Crippen molar-refractivity contribution in [3.8, 4) is 16.8 Å². The van der Waals surface area contributed by atoms with Gasteiger partial charge in [0, 0.05) is 10.9 Å². The number of fused-ring (bicyclic) bond motifs is 4. The molecule has 0 aliphatic carbocycles. The van der Waals surface area contributed by atoms with Crippen LogP contribution in [0.5, 0.6) is 0 Å². The van der Waals surface area contributed by atoms with E-state index in [1.165, 1.54) is 0 Å². The molecule has 0 saturated carbocycles. The molecular formula is C26H17N3O2. The first-order chi connectivity index (χ1) is 15.2. The Bertz CT molecular complexity index is 1650. The van der Waals surface area contributed by atoms with Crippen LogP contribution in [0, 0.1) is 6.92 Å². The van der Waals surface area contributed by atoms with Crippen molar-refractivity contribution in [2.45, 2.75) is 6.92 Å². The number of hydrogen-bond donors (Lipinski definition) is 0. The van der Waals surface area contributed by atoms with Crippen LogP contribution in [0.3, 0.4) is 0 Å². The second-order valence-electron chi connectivity index (χ2n) is 7.49. The number of pyridine rings is 1. The molecule has 5 nitrogen and oxygen atoms in total. The van der Waals surface area contributed by atoms with Gasteiger partial charge >= 0.3 is 5.63 Å². The molecule has 6 rings (SSSR count). The molecule has 0 saturated heterocycles. The summed E-state index contributed by atoms with van der Waals surface area (Å²) in [4.78, 5) is 18.2. The number of aromatic nitrogens is 3. The van der Waals surface area contributed by atoms with Crippen molar-refractivity contribution in [1.82, 2.24) is 14.8 Å². The lowest BCUT2D eigenvalue weighted by Crippen LogP contribution is -2.05. The number of aryl methyl sites for hydroxylation is 1. The predicted octanol–water partition coefficient (Wildman–Crippen LogP) is 5.66. The Morgan fingerprint density at radius 2 is 1.48 bits per heavy atom. The van der Waals surface area contributed by atoms with Crippen LogP contribution in [0.1, 0.15) is 5.69 Å². The zero-order valence-corrected chi connectivity index (χ0v) is 16.7. The molecule has 6 aromatic rings. The van der Waals surface area contributed by atoms with Crippen molar-refractivity contribution in [2.75, 3.05) is 0 Å². The maximum absolute atomic E-state index is 13.2. The topological polar surface area (TPSA) is 60.9 Å². The lowest BCUT2D eigenvalue weighted by Gasteiger charge is -2.11. The molecule has 5 heteroatoms. The van der Waals surface area contributed by atoms with Crippen molar-refractivity contribution in [3.05, 3.63) is 101 Å². The Balaban J connectivity index is 1.90. The molecule has 0 atom stereocenters. The fourth-order valence-electron chi connectivity index (χ4n) is 4.25. The Hall–Kier alpha value is -4.25. The molecular weight excluding hydrogens is 386 g/mol. The summed E-state index contributed by atoms with van der Waals surface area (Å²) in [7, 11) is 0. The van der Waals surface area contributed by atoms with E-state index in [4.69, 9.17) is 14.5 Å². The van der Waals surface area contributed by atoms with Gasteiger partial charge in [-0.05, 0) is 36.8 Å². The second kappa shape index (κ2) is 6.64. The molecule has 3 aromatic carbocycles. The molecule has 0 N–H and O–H groups in total. The van der Waals surface area contributed by atoms with Crippen molar-refractivity contribution in [2.24, 2.45) is 0 Å². The molecule has 0 fully saturated rings. The van der Waals surface area contributed by atoms with Crippen LogP contribution in [0.2, 0.25) is 0 Å². The third-order valence-electron chi connectivity index (χ3n) is 5.60. The van der Waals surface area contributed by atoms with Crippen molar-refractivity contribution in [1.29, 1.82) is 0 Å². The SMILES string of the molecule is Cc1nn(-c2ccccc2)c2nc3c(c(-c4ccccc4)c12)c(=O)oc1ccccc13. The normalized spacial score (nSPS) is 11.5. The van der Waals surface area contributed by atoms with Crippen LogP contribution < -0.4 is 5.63 Å². The number of benzene rings is 3. The van der Waals surface area contributed by atoms with E-state index in [0.29, 0.717) is 22.1 Å². The Morgan fingerprint density at radius 1 is 0.806 bits per heavy atom. The van der Waals surface area contributed by atoms with Gasteiger partial charge in [0.25, 0.3) is 0 Å². The third-order valence-corrected chi connectivity index (χ3v) is 5.60. The molecule has 0 aliphatic heterocycles. The lowest BCUT2D eigenvalue weighted by molar-refractivity contribution is 0.569. The van der Waals surface area contributed by atoms with Gasteiger partial charge < -0.3 is 4.42 Å². The second-order valence-corrected chi connectivity index (χ2v) is 7.49. The van der Waals surface area contributed by atoms with Gasteiger partial charge in [-0.25, -0.2) is 14.5 Å². The van der Waals surface area contributed by atoms with E-state index in [1.54, 1.807) is 6.07 Å². The molecule has 0 amide bonds. The molecule has 148 valence electrons. The van der Waals surface area contributed by atoms with Crippen LogP contribution in [0.15, 0.2) is 94.1 Å². The van der Waals surface area contributed by atoms with E-state index in [0.717, 1.165) is 33.3 Å². The standard InChI is InChI=1S/C26H17N3O2/c1-16-21-22(17-10-4-2-5-11-17)23-24(19-14-8-9-15-20(19)31-26(23)30)27-25(21)29(28-16)18-12-6-3-7-13-18/h2-15H,1H3. The highest BCUT2D eigenvalue weighted by molar-refractivity contribution is 6.15. The van der Waals surface area contributed by atoms with Crippen LogP contribution in [-0.4, -0.2) is 14.8 Å². The van der Waals surface area contributed by atoms with Crippen LogP contribution in [-0.2, 0) is 0 Å². The van der Waals surface area contributed by atoms with E-state index < -0.39 is 5.63 Å². The van der Waals surface area contributed by atoms with Gasteiger partial charge in [0.15, 0.2) is 5.65 Å². The summed E-state index contributed by atoms with van der Waals surface area (Å²) >= 11 is 0. The van der Waals surface area contributed by atoms with Crippen LogP contribution >= 0.6 is 0 Å². The zero-order valence-electron chi connectivity index (χ0n) is 16.7. The highest BCUT2D eigenvalue weighted by Crippen LogP contribution is 2.37. The number of hydrogen-bond acceptors (Lipinski definition) is 4. The molecule has 0 radical (unpaired) electrons. The van der Waals surface area contributed by atoms with Crippen LogP contribution in [0.25, 0.3) is 49.7 Å². The minimum atomic E-state index is -0.395. The maximum Gasteiger partial charge on any atom is 0.346 e. The third kappa shape index (κ3) is 2.60. The van der Waals surface area contributed by atoms with Gasteiger partial charge in [-0.1, -0.05) is 60.7 Å². The van der Waals surface area contributed by atoms with E-state index in [9.17, 15) is 4.79 Å². The average molecular weight is 403 g/mol. The first-order valence-electron chi connectivity index (χ1n) is 10.1. The fraction of sp³-hybridized carbons (Fsp3) is 0.0385. The number of nitrogens with zero attached hydrogens (tertiary/aromatic N) is 3. The first-order valence-corrected chi connectivity index (χ1v) is 10.1. The molecule has 0 unspecified atom stereocenters. The van der Waals surface area contributed by atoms with Gasteiger partial charge in [0.2, 0.25) is 0 Å². The molecule has 31 heavy (non-hydrogen) atoms. The highest BCUT2D eigenvalue weighted by Gasteiger charge is 2.22. The van der Waals surface area contributed by atoms with Crippen molar-refractivity contribution >= 4 is 32.9 Å². The van der Waals surface area contributed by atoms with Gasteiger partial charge in [-0.15, -0.1) is 0 Å². The van der Waals surface area contributed by atoms with Crippen molar-refractivity contribution in [3.63, 3.8) is 0 Å². The van der Waals surface area contributed by atoms with Crippen LogP contribution in [0.4, 0.5) is 0 Å². The summed E-state index contributed by atoms with van der Waals surface area (Å²) in [6, 6.07) is 27.3. The Kier molecular flexibility index (Phi) is 3.77. The fourth-order valence-corrected chi connectivity index (χ4v) is 4.25. The Morgan fingerprint density at radius 3 is 2.26 bits per heavy atom. The molecule has 0 aliphatic rings. The van der Waals surface area contributed by atoms with E-state index in [1.807, 2.05) is 90.5 Å². The van der Waals surface area contributed by atoms with Gasteiger partial charge in [0.05, 0.1) is 27.7 Å². The van der Waals surface area contributed by atoms with E-state index in [-0.39, 0.29) is 0 Å². The summed E-state index contributed by atoms with van der Waals surface area (Å²) in [5.41, 5.74) is 4.92. The molecule has 0 bridgehead atoms. The summed E-state index contributed by atoms with van der Waals surface area (Å²) in [5, 5.41) is 6.93. The maximum atomic E-state index is 13.2. The van der Waals surface area contributed by atoms with Crippen molar-refractivity contribution < 1.29 is 4.42 Å². The Labute approximate surface area is 177 Å². The first kappa shape index (κ1) is 17.6. The zero-order chi connectivity index (χ0) is 20.9. The quantitative estimate of drug-likeness (QED) is 0.277. The van der Waals surface area contributed by atoms with Gasteiger partial charge in [-0.2, -0.15) is 5.10 Å². The van der Waals surface area contributed by atoms with E-state index in [2.05, 4.69) is 0 Å². The lowest BCUT2D eigenvalue weighted by atomic mass is 9.97. The predicted molar refractivity (Wildman–Crippen MR) is 123 cm³/mol. The average Bonchev–Trinajstić information content (AvgIpc) is 3.15. The molecule has 3 heterocycles. The molecule has 3 aromatic heterocycles. The molecule has 0 spiro atoms. The summed E-state index contributed by atoms with van der Waals surface area (Å²) < 4.78 is 7.54. The minimum absolute atomic E-state index is 0.395. The monoisotopic (exact) mass is 403 g/mol. The van der Waals surface area contributed by atoms with Gasteiger partial charge in [0.1, 0.15) is 5.58 Å². The van der Waals surface area contributed by atoms with E-state index >= 15 is 0 Å². The largest absolute Gasteiger partial charge is 0.422 e. The smallest absolute Gasteiger partial charge is 0.346 e. The number of para-hydroxylation sites is 2. The summed E-state index contributed by atoms with van der Waals surface area (Å²) in [6.07, 6.45) is 0. The number of rotatable bonds is 2. The highest BCUT2D eigenvalue weighted by atomic mass is 16.4. The summed E-state index contributed by atoms with van der Waals surface area (Å²) in [5.74, 6) is 0. The summed E-state index contributed by atoms with van der Waals surface area (Å²) in [6.45, 7) is 1.95.